The predicted molar refractivity (Wildman–Crippen MR) is 93.8 cm³/mol. The number of likely N-dealkylation sites (N-methyl/N-ethyl adjacent to an activating group) is 1. The molecule has 1 amide bonds. The van der Waals surface area contributed by atoms with E-state index in [9.17, 15) is 4.79 Å². The van der Waals surface area contributed by atoms with Crippen molar-refractivity contribution in [3.05, 3.63) is 29.8 Å². The van der Waals surface area contributed by atoms with E-state index in [4.69, 9.17) is 4.74 Å². The van der Waals surface area contributed by atoms with Gasteiger partial charge in [-0.3, -0.25) is 9.69 Å². The number of rotatable bonds is 6. The summed E-state index contributed by atoms with van der Waals surface area (Å²) in [7, 11) is 3.89. The van der Waals surface area contributed by atoms with Crippen molar-refractivity contribution in [2.45, 2.75) is 32.4 Å². The number of nitrogens with zero attached hydrogens (tertiary/aromatic N) is 2. The number of nitrogens with one attached hydrogen (secondary N) is 1. The second-order valence-corrected chi connectivity index (χ2v) is 6.28. The molecule has 1 aromatic carbocycles. The molecule has 1 aromatic rings. The Bertz CT molecular complexity index is 513. The minimum absolute atomic E-state index is 0.0180. The summed E-state index contributed by atoms with van der Waals surface area (Å²) in [6.07, 6.45) is 0.802. The van der Waals surface area contributed by atoms with Crippen LogP contribution in [0.1, 0.15) is 31.9 Å². The molecular formula is C18H29N3O2. The van der Waals surface area contributed by atoms with Crippen molar-refractivity contribution < 1.29 is 9.53 Å². The van der Waals surface area contributed by atoms with Gasteiger partial charge in [-0.25, -0.2) is 0 Å². The summed E-state index contributed by atoms with van der Waals surface area (Å²) < 4.78 is 5.44. The molecule has 0 radical (unpaired) electrons. The number of anilines is 1. The van der Waals surface area contributed by atoms with Crippen molar-refractivity contribution in [2.75, 3.05) is 45.3 Å². The maximum Gasteiger partial charge on any atom is 0.237 e. The van der Waals surface area contributed by atoms with E-state index in [1.54, 1.807) is 0 Å². The van der Waals surface area contributed by atoms with Crippen molar-refractivity contribution in [1.82, 2.24) is 10.2 Å². The number of morpholine rings is 1. The number of hydrogen-bond acceptors (Lipinski definition) is 4. The molecule has 1 N–H and O–H groups in total. The summed E-state index contributed by atoms with van der Waals surface area (Å²) in [6, 6.07) is 8.21. The first-order valence-corrected chi connectivity index (χ1v) is 8.43. The van der Waals surface area contributed by atoms with E-state index in [1.165, 1.54) is 5.69 Å². The van der Waals surface area contributed by atoms with Crippen molar-refractivity contribution in [3.8, 4) is 0 Å². The highest BCUT2D eigenvalue weighted by Crippen LogP contribution is 2.27. The molecule has 0 spiro atoms. The third-order valence-corrected chi connectivity index (χ3v) is 4.43. The fourth-order valence-electron chi connectivity index (χ4n) is 3.12. The number of carbonyl (C=O) groups is 1. The van der Waals surface area contributed by atoms with Gasteiger partial charge in [0.2, 0.25) is 5.91 Å². The highest BCUT2D eigenvalue weighted by Gasteiger charge is 2.23. The Morgan fingerprint density at radius 2 is 1.96 bits per heavy atom. The predicted octanol–water partition coefficient (Wildman–Crippen LogP) is 2.04. The first-order chi connectivity index (χ1) is 11.0. The molecule has 5 heteroatoms. The molecule has 1 heterocycles. The summed E-state index contributed by atoms with van der Waals surface area (Å²) >= 11 is 0. The zero-order chi connectivity index (χ0) is 16.8. The summed E-state index contributed by atoms with van der Waals surface area (Å²) in [6.45, 7) is 7.40. The number of para-hydroxylation sites is 1. The fourth-order valence-corrected chi connectivity index (χ4v) is 3.12. The summed E-state index contributed by atoms with van der Waals surface area (Å²) in [5, 5.41) is 3.17. The minimum Gasteiger partial charge on any atom is -0.378 e. The van der Waals surface area contributed by atoms with Crippen LogP contribution < -0.4 is 10.2 Å². The Hall–Kier alpha value is -1.59. The maximum absolute atomic E-state index is 12.5. The van der Waals surface area contributed by atoms with Crippen LogP contribution in [-0.2, 0) is 9.53 Å². The van der Waals surface area contributed by atoms with Gasteiger partial charge in [0.25, 0.3) is 0 Å². The molecule has 128 valence electrons. The average Bonchev–Trinajstić information content (AvgIpc) is 2.56. The van der Waals surface area contributed by atoms with Crippen LogP contribution in [-0.4, -0.2) is 57.2 Å². The monoisotopic (exact) mass is 319 g/mol. The van der Waals surface area contributed by atoms with Crippen molar-refractivity contribution >= 4 is 11.6 Å². The Morgan fingerprint density at radius 3 is 2.57 bits per heavy atom. The van der Waals surface area contributed by atoms with Gasteiger partial charge in [-0.05, 0) is 39.1 Å². The van der Waals surface area contributed by atoms with Crippen LogP contribution in [0, 0.1) is 0 Å². The SMILES string of the molecule is CC[C@@H](C(=O)N[C@H](C)c1ccccc1N1CCOCC1)N(C)C. The largest absolute Gasteiger partial charge is 0.378 e. The third kappa shape index (κ3) is 4.45. The van der Waals surface area contributed by atoms with E-state index in [-0.39, 0.29) is 18.0 Å². The maximum atomic E-state index is 12.5. The first-order valence-electron chi connectivity index (χ1n) is 8.43. The standard InChI is InChI=1S/C18H29N3O2/c1-5-16(20(3)4)18(22)19-14(2)15-8-6-7-9-17(15)21-10-12-23-13-11-21/h6-9,14,16H,5,10-13H2,1-4H3,(H,19,22)/t14-,16+/m1/s1. The van der Waals surface area contributed by atoms with E-state index < -0.39 is 0 Å². The molecule has 2 rings (SSSR count). The van der Waals surface area contributed by atoms with E-state index >= 15 is 0 Å². The quantitative estimate of drug-likeness (QED) is 0.871. The molecular weight excluding hydrogens is 290 g/mol. The van der Waals surface area contributed by atoms with Crippen LogP contribution in [0.25, 0.3) is 0 Å². The summed E-state index contributed by atoms with van der Waals surface area (Å²) in [4.78, 5) is 16.8. The summed E-state index contributed by atoms with van der Waals surface area (Å²) in [5.74, 6) is 0.0850. The third-order valence-electron chi connectivity index (χ3n) is 4.43. The fraction of sp³-hybridized carbons (Fsp3) is 0.611. The van der Waals surface area contributed by atoms with Gasteiger partial charge in [0, 0.05) is 18.8 Å². The minimum atomic E-state index is -0.0898. The van der Waals surface area contributed by atoms with Crippen LogP contribution in [0.2, 0.25) is 0 Å². The van der Waals surface area contributed by atoms with Crippen LogP contribution in [0.15, 0.2) is 24.3 Å². The lowest BCUT2D eigenvalue weighted by Gasteiger charge is -2.32. The van der Waals surface area contributed by atoms with E-state index in [0.29, 0.717) is 0 Å². The molecule has 0 aliphatic carbocycles. The molecule has 0 unspecified atom stereocenters. The molecule has 1 aliphatic heterocycles. The highest BCUT2D eigenvalue weighted by molar-refractivity contribution is 5.82. The Labute approximate surface area is 139 Å². The topological polar surface area (TPSA) is 44.8 Å². The van der Waals surface area contributed by atoms with Crippen LogP contribution >= 0.6 is 0 Å². The van der Waals surface area contributed by atoms with E-state index in [1.807, 2.05) is 32.0 Å². The van der Waals surface area contributed by atoms with Gasteiger partial charge in [-0.15, -0.1) is 0 Å². The molecule has 0 saturated carbocycles. The summed E-state index contributed by atoms with van der Waals surface area (Å²) in [5.41, 5.74) is 2.36. The molecule has 0 bridgehead atoms. The number of hydrogen-bond donors (Lipinski definition) is 1. The van der Waals surface area contributed by atoms with Crippen molar-refractivity contribution in [3.63, 3.8) is 0 Å². The van der Waals surface area contributed by atoms with Crippen LogP contribution in [0.3, 0.4) is 0 Å². The molecule has 23 heavy (non-hydrogen) atoms. The van der Waals surface area contributed by atoms with Gasteiger partial charge in [-0.2, -0.15) is 0 Å². The zero-order valence-electron chi connectivity index (χ0n) is 14.7. The molecule has 2 atom stereocenters. The second-order valence-electron chi connectivity index (χ2n) is 6.28. The normalized spacial score (nSPS) is 17.9. The van der Waals surface area contributed by atoms with Crippen molar-refractivity contribution in [2.24, 2.45) is 0 Å². The zero-order valence-corrected chi connectivity index (χ0v) is 14.7. The first kappa shape index (κ1) is 17.8. The van der Waals surface area contributed by atoms with Crippen LogP contribution in [0.4, 0.5) is 5.69 Å². The lowest BCUT2D eigenvalue weighted by Crippen LogP contribution is -2.44. The molecule has 1 saturated heterocycles. The smallest absolute Gasteiger partial charge is 0.237 e. The highest BCUT2D eigenvalue weighted by atomic mass is 16.5. The van der Waals surface area contributed by atoms with Gasteiger partial charge in [0.05, 0.1) is 25.3 Å². The lowest BCUT2D eigenvalue weighted by molar-refractivity contribution is -0.126. The molecule has 5 nitrogen and oxygen atoms in total. The lowest BCUT2D eigenvalue weighted by atomic mass is 10.0. The molecule has 1 fully saturated rings. The second kappa shape index (κ2) is 8.31. The van der Waals surface area contributed by atoms with Crippen molar-refractivity contribution in [1.29, 1.82) is 0 Å². The van der Waals surface area contributed by atoms with E-state index in [2.05, 4.69) is 35.3 Å². The Morgan fingerprint density at radius 1 is 1.30 bits per heavy atom. The number of ether oxygens (including phenoxy) is 1. The molecule has 1 aliphatic rings. The van der Waals surface area contributed by atoms with Crippen LogP contribution in [0.5, 0.6) is 0 Å². The Balaban J connectivity index is 2.12. The van der Waals surface area contributed by atoms with Gasteiger partial charge in [0.1, 0.15) is 0 Å². The number of amides is 1. The van der Waals surface area contributed by atoms with Gasteiger partial charge >= 0.3 is 0 Å². The van der Waals surface area contributed by atoms with E-state index in [0.717, 1.165) is 38.3 Å². The molecule has 0 aromatic heterocycles. The Kier molecular flexibility index (Phi) is 6.42. The number of benzene rings is 1. The number of carbonyl (C=O) groups excluding carboxylic acids is 1. The van der Waals surface area contributed by atoms with Gasteiger partial charge < -0.3 is 15.0 Å². The van der Waals surface area contributed by atoms with Gasteiger partial charge in [0.15, 0.2) is 0 Å². The van der Waals surface area contributed by atoms with Gasteiger partial charge in [-0.1, -0.05) is 25.1 Å². The average molecular weight is 319 g/mol.